The molecule has 0 aliphatic heterocycles. The van der Waals surface area contributed by atoms with E-state index in [-0.39, 0.29) is 0 Å². The minimum atomic E-state index is 0.396. The second-order valence-electron chi connectivity index (χ2n) is 5.17. The van der Waals surface area contributed by atoms with Crippen LogP contribution in [0.4, 0.5) is 11.8 Å². The lowest BCUT2D eigenvalue weighted by Gasteiger charge is -2.09. The van der Waals surface area contributed by atoms with Crippen LogP contribution in [-0.2, 0) is 0 Å². The van der Waals surface area contributed by atoms with Gasteiger partial charge in [-0.25, -0.2) is 4.98 Å². The first-order valence-electron chi connectivity index (χ1n) is 5.80. The molecule has 0 amide bonds. The van der Waals surface area contributed by atoms with Gasteiger partial charge in [-0.3, -0.25) is 0 Å². The number of rotatable bonds is 3. The maximum atomic E-state index is 4.51. The third-order valence-corrected chi connectivity index (χ3v) is 4.18. The van der Waals surface area contributed by atoms with E-state index in [9.17, 15) is 0 Å². The highest BCUT2D eigenvalue weighted by Crippen LogP contribution is 2.47. The molecule has 1 atom stereocenters. The fourth-order valence-electron chi connectivity index (χ4n) is 1.96. The second-order valence-corrected chi connectivity index (χ2v) is 6.07. The van der Waals surface area contributed by atoms with Crippen LogP contribution in [0.15, 0.2) is 11.4 Å². The van der Waals surface area contributed by atoms with Crippen LogP contribution >= 0.6 is 11.3 Å². The van der Waals surface area contributed by atoms with Crippen molar-refractivity contribution < 1.29 is 0 Å². The largest absolute Gasteiger partial charge is 0.366 e. The molecule has 0 aromatic carbocycles. The molecule has 2 heterocycles. The number of thiophene rings is 1. The SMILES string of the molecule is CNc1nc(NC2CC2(C)C)c2ccsc2n1. The molecule has 0 bridgehead atoms. The Morgan fingerprint density at radius 1 is 1.41 bits per heavy atom. The standard InChI is InChI=1S/C12H16N4S/c1-12(2)6-8(12)14-9-7-4-5-17-10(7)16-11(13-3)15-9/h4-5,8H,6H2,1-3H3,(H2,13,14,15,16). The molecule has 4 nitrogen and oxygen atoms in total. The van der Waals surface area contributed by atoms with Gasteiger partial charge >= 0.3 is 0 Å². The maximum absolute atomic E-state index is 4.51. The highest BCUT2D eigenvalue weighted by Gasteiger charge is 2.46. The van der Waals surface area contributed by atoms with Crippen molar-refractivity contribution in [1.29, 1.82) is 0 Å². The summed E-state index contributed by atoms with van der Waals surface area (Å²) in [5, 5.41) is 9.71. The average Bonchev–Trinajstić information content (AvgIpc) is 2.74. The van der Waals surface area contributed by atoms with E-state index in [1.54, 1.807) is 11.3 Å². The van der Waals surface area contributed by atoms with E-state index in [4.69, 9.17) is 0 Å². The minimum absolute atomic E-state index is 0.396. The molecule has 1 unspecified atom stereocenters. The molecular formula is C12H16N4S. The Morgan fingerprint density at radius 2 is 2.18 bits per heavy atom. The zero-order chi connectivity index (χ0) is 12.0. The monoisotopic (exact) mass is 248 g/mol. The van der Waals surface area contributed by atoms with Crippen LogP contribution in [0.5, 0.6) is 0 Å². The van der Waals surface area contributed by atoms with E-state index in [1.165, 1.54) is 6.42 Å². The summed E-state index contributed by atoms with van der Waals surface area (Å²) in [7, 11) is 1.85. The predicted molar refractivity (Wildman–Crippen MR) is 72.8 cm³/mol. The Balaban J connectivity index is 1.99. The predicted octanol–water partition coefficient (Wildman–Crippen LogP) is 2.94. The van der Waals surface area contributed by atoms with Crippen LogP contribution in [0, 0.1) is 5.41 Å². The molecule has 2 aromatic rings. The van der Waals surface area contributed by atoms with Crippen LogP contribution < -0.4 is 10.6 Å². The summed E-state index contributed by atoms with van der Waals surface area (Å²) in [4.78, 5) is 9.98. The van der Waals surface area contributed by atoms with Crippen molar-refractivity contribution in [3.63, 3.8) is 0 Å². The topological polar surface area (TPSA) is 49.8 Å². The van der Waals surface area contributed by atoms with Crippen LogP contribution in [0.2, 0.25) is 0 Å². The van der Waals surface area contributed by atoms with Gasteiger partial charge in [0.1, 0.15) is 10.6 Å². The molecule has 1 aliphatic carbocycles. The second kappa shape index (κ2) is 3.57. The normalized spacial score (nSPS) is 21.5. The van der Waals surface area contributed by atoms with Crippen molar-refractivity contribution in [3.8, 4) is 0 Å². The lowest BCUT2D eigenvalue weighted by atomic mass is 10.2. The van der Waals surface area contributed by atoms with Gasteiger partial charge in [0, 0.05) is 13.1 Å². The molecule has 0 spiro atoms. The van der Waals surface area contributed by atoms with Crippen molar-refractivity contribution in [2.75, 3.05) is 17.7 Å². The zero-order valence-corrected chi connectivity index (χ0v) is 11.1. The fraction of sp³-hybridized carbons (Fsp3) is 0.500. The van der Waals surface area contributed by atoms with E-state index >= 15 is 0 Å². The third-order valence-electron chi connectivity index (χ3n) is 3.37. The number of fused-ring (bicyclic) bond motifs is 1. The Morgan fingerprint density at radius 3 is 2.82 bits per heavy atom. The molecule has 1 saturated carbocycles. The molecule has 3 rings (SSSR count). The van der Waals surface area contributed by atoms with Gasteiger partial charge in [0.25, 0.3) is 0 Å². The van der Waals surface area contributed by atoms with Gasteiger partial charge in [0.2, 0.25) is 5.95 Å². The fourth-order valence-corrected chi connectivity index (χ4v) is 2.72. The molecule has 0 radical (unpaired) electrons. The summed E-state index contributed by atoms with van der Waals surface area (Å²) >= 11 is 1.65. The molecule has 90 valence electrons. The van der Waals surface area contributed by atoms with Crippen LogP contribution in [0.1, 0.15) is 20.3 Å². The molecule has 5 heteroatoms. The van der Waals surface area contributed by atoms with Gasteiger partial charge in [-0.15, -0.1) is 11.3 Å². The Hall–Kier alpha value is -1.36. The van der Waals surface area contributed by atoms with E-state index in [0.29, 0.717) is 17.4 Å². The summed E-state index contributed by atoms with van der Waals surface area (Å²) in [5.41, 5.74) is 0.396. The molecule has 2 N–H and O–H groups in total. The smallest absolute Gasteiger partial charge is 0.225 e. The average molecular weight is 248 g/mol. The van der Waals surface area contributed by atoms with Crippen molar-refractivity contribution >= 4 is 33.3 Å². The zero-order valence-electron chi connectivity index (χ0n) is 10.2. The highest BCUT2D eigenvalue weighted by molar-refractivity contribution is 7.16. The van der Waals surface area contributed by atoms with E-state index in [1.807, 2.05) is 7.05 Å². The number of hydrogen-bond acceptors (Lipinski definition) is 5. The molecule has 17 heavy (non-hydrogen) atoms. The van der Waals surface area contributed by atoms with E-state index in [2.05, 4.69) is 45.9 Å². The number of aromatic nitrogens is 2. The number of nitrogens with zero attached hydrogens (tertiary/aromatic N) is 2. The van der Waals surface area contributed by atoms with Gasteiger partial charge < -0.3 is 10.6 Å². The Bertz CT molecular complexity index is 561. The van der Waals surface area contributed by atoms with Crippen molar-refractivity contribution in [2.24, 2.45) is 5.41 Å². The lowest BCUT2D eigenvalue weighted by molar-refractivity contribution is 0.630. The first kappa shape index (κ1) is 10.8. The van der Waals surface area contributed by atoms with Crippen molar-refractivity contribution in [2.45, 2.75) is 26.3 Å². The van der Waals surface area contributed by atoms with Crippen LogP contribution in [0.3, 0.4) is 0 Å². The van der Waals surface area contributed by atoms with Gasteiger partial charge in [0.05, 0.1) is 5.39 Å². The summed E-state index contributed by atoms with van der Waals surface area (Å²) < 4.78 is 0. The summed E-state index contributed by atoms with van der Waals surface area (Å²) in [6, 6.07) is 2.61. The Kier molecular flexibility index (Phi) is 2.26. The van der Waals surface area contributed by atoms with E-state index < -0.39 is 0 Å². The van der Waals surface area contributed by atoms with Gasteiger partial charge in [0.15, 0.2) is 0 Å². The number of hydrogen-bond donors (Lipinski definition) is 2. The van der Waals surface area contributed by atoms with Gasteiger partial charge in [-0.2, -0.15) is 4.98 Å². The summed E-state index contributed by atoms with van der Waals surface area (Å²) in [5.74, 6) is 1.64. The molecule has 2 aromatic heterocycles. The molecule has 1 aliphatic rings. The highest BCUT2D eigenvalue weighted by atomic mass is 32.1. The van der Waals surface area contributed by atoms with Crippen LogP contribution in [-0.4, -0.2) is 23.1 Å². The maximum Gasteiger partial charge on any atom is 0.225 e. The molecular weight excluding hydrogens is 232 g/mol. The van der Waals surface area contributed by atoms with Gasteiger partial charge in [-0.05, 0) is 23.3 Å². The number of nitrogens with one attached hydrogen (secondary N) is 2. The Labute approximate surface area is 104 Å². The molecule has 1 fully saturated rings. The summed E-state index contributed by atoms with van der Waals surface area (Å²) in [6.45, 7) is 4.55. The van der Waals surface area contributed by atoms with E-state index in [0.717, 1.165) is 16.0 Å². The van der Waals surface area contributed by atoms with Crippen molar-refractivity contribution in [1.82, 2.24) is 9.97 Å². The van der Waals surface area contributed by atoms with Crippen molar-refractivity contribution in [3.05, 3.63) is 11.4 Å². The molecule has 0 saturated heterocycles. The quantitative estimate of drug-likeness (QED) is 0.877. The third kappa shape index (κ3) is 1.84. The first-order chi connectivity index (χ1) is 8.10. The lowest BCUT2D eigenvalue weighted by Crippen LogP contribution is -2.11. The van der Waals surface area contributed by atoms with Gasteiger partial charge in [-0.1, -0.05) is 13.8 Å². The minimum Gasteiger partial charge on any atom is -0.366 e. The number of anilines is 2. The summed E-state index contributed by atoms with van der Waals surface area (Å²) in [6.07, 6.45) is 1.21. The van der Waals surface area contributed by atoms with Crippen LogP contribution in [0.25, 0.3) is 10.2 Å². The first-order valence-corrected chi connectivity index (χ1v) is 6.68.